The number of nitrogens with zero attached hydrogens (tertiary/aromatic N) is 2. The van der Waals surface area contributed by atoms with Gasteiger partial charge in [-0.15, -0.1) is 11.3 Å². The zero-order valence-corrected chi connectivity index (χ0v) is 16.5. The number of aliphatic imine (C=N–C) groups is 1. The van der Waals surface area contributed by atoms with E-state index in [4.69, 9.17) is 11.6 Å². The fraction of sp³-hybridized carbons (Fsp3) is 0.667. The number of thiophene rings is 1. The molecule has 9 heteroatoms. The summed E-state index contributed by atoms with van der Waals surface area (Å²) >= 11 is 6.84. The highest BCUT2D eigenvalue weighted by molar-refractivity contribution is 7.91. The third-order valence-electron chi connectivity index (χ3n) is 3.77. The van der Waals surface area contributed by atoms with Crippen molar-refractivity contribution in [2.75, 3.05) is 32.7 Å². The van der Waals surface area contributed by atoms with E-state index in [-0.39, 0.29) is 10.8 Å². The van der Waals surface area contributed by atoms with E-state index in [1.54, 1.807) is 6.07 Å². The lowest BCUT2D eigenvalue weighted by atomic mass is 10.0. The maximum absolute atomic E-state index is 12.1. The molecule has 24 heavy (non-hydrogen) atoms. The molecule has 0 bridgehead atoms. The van der Waals surface area contributed by atoms with Gasteiger partial charge in [0.2, 0.25) is 10.0 Å². The first-order valence-electron chi connectivity index (χ1n) is 8.20. The largest absolute Gasteiger partial charge is 0.357 e. The van der Waals surface area contributed by atoms with E-state index < -0.39 is 10.0 Å². The van der Waals surface area contributed by atoms with Crippen LogP contribution in [-0.2, 0) is 10.0 Å². The number of hydrogen-bond donors (Lipinski definition) is 2. The van der Waals surface area contributed by atoms with E-state index in [9.17, 15) is 8.42 Å². The number of rotatable bonds is 6. The number of guanidine groups is 1. The van der Waals surface area contributed by atoms with Crippen molar-refractivity contribution in [2.24, 2.45) is 10.9 Å². The Balaban J connectivity index is 1.90. The van der Waals surface area contributed by atoms with Crippen molar-refractivity contribution in [1.82, 2.24) is 14.9 Å². The van der Waals surface area contributed by atoms with Crippen molar-refractivity contribution >= 4 is 38.9 Å². The van der Waals surface area contributed by atoms with Crippen molar-refractivity contribution in [3.8, 4) is 0 Å². The van der Waals surface area contributed by atoms with E-state index in [1.165, 1.54) is 12.5 Å². The molecule has 136 valence electrons. The van der Waals surface area contributed by atoms with Gasteiger partial charge in [-0.2, -0.15) is 0 Å². The van der Waals surface area contributed by atoms with Gasteiger partial charge < -0.3 is 10.2 Å². The Bertz CT molecular complexity index is 660. The van der Waals surface area contributed by atoms with Crippen molar-refractivity contribution < 1.29 is 8.42 Å². The summed E-state index contributed by atoms with van der Waals surface area (Å²) in [7, 11) is -3.50. The first-order chi connectivity index (χ1) is 11.4. The minimum atomic E-state index is -3.50. The summed E-state index contributed by atoms with van der Waals surface area (Å²) in [6.07, 6.45) is 2.41. The topological polar surface area (TPSA) is 73.8 Å². The molecule has 2 N–H and O–H groups in total. The first kappa shape index (κ1) is 19.5. The van der Waals surface area contributed by atoms with Gasteiger partial charge in [0.05, 0.1) is 10.9 Å². The summed E-state index contributed by atoms with van der Waals surface area (Å²) in [6.45, 7) is 7.72. The van der Waals surface area contributed by atoms with Gasteiger partial charge in [0.15, 0.2) is 5.96 Å². The molecule has 1 aromatic rings. The normalized spacial score (nSPS) is 19.5. The van der Waals surface area contributed by atoms with Crippen LogP contribution in [0.3, 0.4) is 0 Å². The van der Waals surface area contributed by atoms with Crippen LogP contribution < -0.4 is 10.0 Å². The maximum Gasteiger partial charge on any atom is 0.250 e. The van der Waals surface area contributed by atoms with E-state index in [0.29, 0.717) is 16.8 Å². The van der Waals surface area contributed by atoms with E-state index >= 15 is 0 Å². The Hall–Kier alpha value is -0.830. The molecule has 0 saturated carbocycles. The van der Waals surface area contributed by atoms with Gasteiger partial charge in [0, 0.05) is 26.2 Å². The van der Waals surface area contributed by atoms with Crippen LogP contribution in [0.2, 0.25) is 4.34 Å². The average molecular weight is 393 g/mol. The number of halogens is 1. The lowest BCUT2D eigenvalue weighted by Gasteiger charge is -2.33. The highest BCUT2D eigenvalue weighted by Gasteiger charge is 2.19. The number of likely N-dealkylation sites (tertiary alicyclic amines) is 1. The third-order valence-corrected chi connectivity index (χ3v) is 6.95. The quantitative estimate of drug-likeness (QED) is 0.443. The SMILES string of the molecule is CCNC(=NCCNS(=O)(=O)c1ccc(Cl)s1)N1CCCC(C)C1. The molecule has 1 aliphatic rings. The van der Waals surface area contributed by atoms with Crippen LogP contribution in [0.15, 0.2) is 21.3 Å². The molecule has 1 aromatic heterocycles. The van der Waals surface area contributed by atoms with Crippen LogP contribution in [0.25, 0.3) is 0 Å². The average Bonchev–Trinajstić information content (AvgIpc) is 2.98. The van der Waals surface area contributed by atoms with E-state index in [1.807, 2.05) is 6.92 Å². The molecule has 2 rings (SSSR count). The monoisotopic (exact) mass is 392 g/mol. The molecule has 1 unspecified atom stereocenters. The fourth-order valence-electron chi connectivity index (χ4n) is 2.66. The Kier molecular flexibility index (Phi) is 7.34. The Morgan fingerprint density at radius 1 is 1.50 bits per heavy atom. The van der Waals surface area contributed by atoms with E-state index in [0.717, 1.165) is 43.4 Å². The number of sulfonamides is 1. The second-order valence-corrected chi connectivity index (χ2v) is 9.59. The van der Waals surface area contributed by atoms with Crippen LogP contribution in [-0.4, -0.2) is 52.0 Å². The lowest BCUT2D eigenvalue weighted by molar-refractivity contribution is 0.266. The molecule has 0 spiro atoms. The van der Waals surface area contributed by atoms with Crippen molar-refractivity contribution in [3.05, 3.63) is 16.5 Å². The predicted octanol–water partition coefficient (Wildman–Crippen LogP) is 2.38. The van der Waals surface area contributed by atoms with Crippen LogP contribution in [0.4, 0.5) is 0 Å². The van der Waals surface area contributed by atoms with Gasteiger partial charge in [-0.3, -0.25) is 4.99 Å². The van der Waals surface area contributed by atoms with Gasteiger partial charge >= 0.3 is 0 Å². The number of hydrogen-bond acceptors (Lipinski definition) is 4. The molecule has 1 saturated heterocycles. The maximum atomic E-state index is 12.1. The van der Waals surface area contributed by atoms with Crippen molar-refractivity contribution in [1.29, 1.82) is 0 Å². The molecule has 1 atom stereocenters. The predicted molar refractivity (Wildman–Crippen MR) is 100 cm³/mol. The lowest BCUT2D eigenvalue weighted by Crippen LogP contribution is -2.46. The van der Waals surface area contributed by atoms with Gasteiger partial charge in [-0.05, 0) is 37.8 Å². The molecule has 0 radical (unpaired) electrons. The molecule has 0 amide bonds. The second-order valence-electron chi connectivity index (χ2n) is 5.89. The Morgan fingerprint density at radius 2 is 2.29 bits per heavy atom. The molecule has 1 aliphatic heterocycles. The van der Waals surface area contributed by atoms with Crippen LogP contribution in [0.5, 0.6) is 0 Å². The van der Waals surface area contributed by atoms with Crippen LogP contribution >= 0.6 is 22.9 Å². The molecule has 1 fully saturated rings. The highest BCUT2D eigenvalue weighted by atomic mass is 35.5. The zero-order chi connectivity index (χ0) is 17.6. The van der Waals surface area contributed by atoms with Crippen molar-refractivity contribution in [2.45, 2.75) is 30.9 Å². The van der Waals surface area contributed by atoms with Gasteiger partial charge in [0.25, 0.3) is 0 Å². The third kappa shape index (κ3) is 5.61. The summed E-state index contributed by atoms with van der Waals surface area (Å²) in [5, 5.41) is 3.29. The summed E-state index contributed by atoms with van der Waals surface area (Å²) in [4.78, 5) is 6.81. The van der Waals surface area contributed by atoms with Gasteiger partial charge in [-0.25, -0.2) is 13.1 Å². The Morgan fingerprint density at radius 3 is 2.92 bits per heavy atom. The summed E-state index contributed by atoms with van der Waals surface area (Å²) < 4.78 is 27.5. The summed E-state index contributed by atoms with van der Waals surface area (Å²) in [6, 6.07) is 3.09. The van der Waals surface area contributed by atoms with Crippen LogP contribution in [0, 0.1) is 5.92 Å². The molecule has 0 aromatic carbocycles. The van der Waals surface area contributed by atoms with E-state index in [2.05, 4.69) is 26.9 Å². The highest BCUT2D eigenvalue weighted by Crippen LogP contribution is 2.25. The smallest absolute Gasteiger partial charge is 0.250 e. The minimum absolute atomic E-state index is 0.230. The number of piperidine rings is 1. The van der Waals surface area contributed by atoms with Gasteiger partial charge in [-0.1, -0.05) is 18.5 Å². The summed E-state index contributed by atoms with van der Waals surface area (Å²) in [5.41, 5.74) is 0. The van der Waals surface area contributed by atoms with Crippen LogP contribution in [0.1, 0.15) is 26.7 Å². The minimum Gasteiger partial charge on any atom is -0.357 e. The zero-order valence-electron chi connectivity index (χ0n) is 14.1. The summed E-state index contributed by atoms with van der Waals surface area (Å²) in [5.74, 6) is 1.52. The Labute approximate surface area is 153 Å². The van der Waals surface area contributed by atoms with Crippen molar-refractivity contribution in [3.63, 3.8) is 0 Å². The molecule has 6 nitrogen and oxygen atoms in total. The standard InChI is InChI=1S/C15H25ClN4O2S2/c1-3-17-15(20-10-4-5-12(2)11-20)18-8-9-19-24(21,22)14-7-6-13(16)23-14/h6-7,12,19H,3-5,8-11H2,1-2H3,(H,17,18). The first-order valence-corrected chi connectivity index (χ1v) is 10.9. The molecule has 0 aliphatic carbocycles. The molecular weight excluding hydrogens is 368 g/mol. The second kappa shape index (κ2) is 9.03. The van der Waals surface area contributed by atoms with Gasteiger partial charge in [0.1, 0.15) is 4.21 Å². The molecular formula is C15H25ClN4O2S2. The molecule has 2 heterocycles. The fourth-order valence-corrected chi connectivity index (χ4v) is 5.21. The number of nitrogens with one attached hydrogen (secondary N) is 2.